The fourth-order valence-corrected chi connectivity index (χ4v) is 2.32. The molecule has 5 heteroatoms. The van der Waals surface area contributed by atoms with E-state index >= 15 is 0 Å². The Morgan fingerprint density at radius 1 is 1.42 bits per heavy atom. The second-order valence-electron chi connectivity index (χ2n) is 4.65. The van der Waals surface area contributed by atoms with Gasteiger partial charge < -0.3 is 19.5 Å². The third kappa shape index (κ3) is 2.81. The average Bonchev–Trinajstić information content (AvgIpc) is 2.94. The lowest BCUT2D eigenvalue weighted by atomic mass is 10.1. The van der Waals surface area contributed by atoms with Crippen LogP contribution in [0.2, 0.25) is 0 Å². The molecule has 0 saturated carbocycles. The van der Waals surface area contributed by atoms with E-state index in [0.717, 1.165) is 6.42 Å². The summed E-state index contributed by atoms with van der Waals surface area (Å²) >= 11 is 0. The van der Waals surface area contributed by atoms with Crippen molar-refractivity contribution in [1.82, 2.24) is 4.90 Å². The van der Waals surface area contributed by atoms with E-state index in [0.29, 0.717) is 30.2 Å². The first-order valence-corrected chi connectivity index (χ1v) is 6.31. The van der Waals surface area contributed by atoms with Gasteiger partial charge in [-0.05, 0) is 24.6 Å². The van der Waals surface area contributed by atoms with Crippen LogP contribution in [-0.2, 0) is 0 Å². The molecule has 1 unspecified atom stereocenters. The van der Waals surface area contributed by atoms with Gasteiger partial charge in [-0.1, -0.05) is 0 Å². The number of hydrogen-bond acceptors (Lipinski definition) is 4. The van der Waals surface area contributed by atoms with E-state index in [2.05, 4.69) is 0 Å². The van der Waals surface area contributed by atoms with Crippen molar-refractivity contribution < 1.29 is 19.4 Å². The Morgan fingerprint density at radius 2 is 2.21 bits per heavy atom. The number of methoxy groups -OCH3 is 2. The summed E-state index contributed by atoms with van der Waals surface area (Å²) in [4.78, 5) is 14.2. The molecule has 1 aliphatic rings. The Labute approximate surface area is 112 Å². The molecule has 1 heterocycles. The Balaban J connectivity index is 2.22. The number of ether oxygens (including phenoxy) is 2. The highest BCUT2D eigenvalue weighted by molar-refractivity contribution is 5.97. The average molecular weight is 265 g/mol. The summed E-state index contributed by atoms with van der Waals surface area (Å²) in [5.41, 5.74) is 0.500. The SMILES string of the molecule is COc1ccc(OC)c(C(=O)N2CCC(CO)C2)c1. The highest BCUT2D eigenvalue weighted by Gasteiger charge is 2.28. The van der Waals surface area contributed by atoms with Crippen LogP contribution >= 0.6 is 0 Å². The van der Waals surface area contributed by atoms with Gasteiger partial charge in [0, 0.05) is 25.6 Å². The summed E-state index contributed by atoms with van der Waals surface area (Å²) in [5.74, 6) is 1.27. The van der Waals surface area contributed by atoms with Gasteiger partial charge in [0.05, 0.1) is 19.8 Å². The Kier molecular flexibility index (Phi) is 4.27. The van der Waals surface area contributed by atoms with Crippen LogP contribution in [-0.4, -0.2) is 49.8 Å². The summed E-state index contributed by atoms with van der Waals surface area (Å²) in [7, 11) is 3.10. The number of nitrogens with zero attached hydrogens (tertiary/aromatic N) is 1. The molecule has 0 bridgehead atoms. The standard InChI is InChI=1S/C14H19NO4/c1-18-11-3-4-13(19-2)12(7-11)14(17)15-6-5-10(8-15)9-16/h3-4,7,10,16H,5-6,8-9H2,1-2H3. The molecule has 0 aliphatic carbocycles. The number of aliphatic hydroxyl groups is 1. The molecule has 5 nitrogen and oxygen atoms in total. The molecule has 19 heavy (non-hydrogen) atoms. The number of carbonyl (C=O) groups is 1. The number of aliphatic hydroxyl groups excluding tert-OH is 1. The fraction of sp³-hybridized carbons (Fsp3) is 0.500. The van der Waals surface area contributed by atoms with E-state index < -0.39 is 0 Å². The quantitative estimate of drug-likeness (QED) is 0.887. The molecule has 0 spiro atoms. The number of amides is 1. The van der Waals surface area contributed by atoms with Crippen LogP contribution in [0, 0.1) is 5.92 Å². The van der Waals surface area contributed by atoms with Gasteiger partial charge in [-0.15, -0.1) is 0 Å². The zero-order valence-electron chi connectivity index (χ0n) is 11.3. The van der Waals surface area contributed by atoms with E-state index in [4.69, 9.17) is 14.6 Å². The minimum atomic E-state index is -0.0771. The molecule has 1 amide bonds. The lowest BCUT2D eigenvalue weighted by Crippen LogP contribution is -2.29. The molecule has 104 valence electrons. The summed E-state index contributed by atoms with van der Waals surface area (Å²) in [6.45, 7) is 1.39. The van der Waals surface area contributed by atoms with Crippen LogP contribution in [0.3, 0.4) is 0 Å². The predicted octanol–water partition coefficient (Wildman–Crippen LogP) is 1.16. The molecule has 1 aromatic carbocycles. The van der Waals surface area contributed by atoms with Gasteiger partial charge in [0.25, 0.3) is 5.91 Å². The van der Waals surface area contributed by atoms with Crippen LogP contribution < -0.4 is 9.47 Å². The van der Waals surface area contributed by atoms with Crippen molar-refractivity contribution in [2.45, 2.75) is 6.42 Å². The topological polar surface area (TPSA) is 59.0 Å². The van der Waals surface area contributed by atoms with Crippen molar-refractivity contribution >= 4 is 5.91 Å². The number of hydrogen-bond donors (Lipinski definition) is 1. The lowest BCUT2D eigenvalue weighted by Gasteiger charge is -2.18. The zero-order chi connectivity index (χ0) is 13.8. The second kappa shape index (κ2) is 5.93. The third-order valence-corrected chi connectivity index (χ3v) is 3.47. The minimum absolute atomic E-state index is 0.0771. The van der Waals surface area contributed by atoms with E-state index in [1.54, 1.807) is 37.3 Å². The smallest absolute Gasteiger partial charge is 0.257 e. The summed E-state index contributed by atoms with van der Waals surface area (Å²) < 4.78 is 10.4. The van der Waals surface area contributed by atoms with Crippen molar-refractivity contribution in [2.75, 3.05) is 33.9 Å². The summed E-state index contributed by atoms with van der Waals surface area (Å²) in [5, 5.41) is 9.14. The van der Waals surface area contributed by atoms with Gasteiger partial charge in [-0.2, -0.15) is 0 Å². The summed E-state index contributed by atoms with van der Waals surface area (Å²) in [6.07, 6.45) is 0.842. The lowest BCUT2D eigenvalue weighted by molar-refractivity contribution is 0.0778. The first-order chi connectivity index (χ1) is 9.19. The van der Waals surface area contributed by atoms with Gasteiger partial charge >= 0.3 is 0 Å². The molecule has 1 N–H and O–H groups in total. The highest BCUT2D eigenvalue weighted by atomic mass is 16.5. The normalized spacial score (nSPS) is 18.5. The number of rotatable bonds is 4. The highest BCUT2D eigenvalue weighted by Crippen LogP contribution is 2.27. The third-order valence-electron chi connectivity index (χ3n) is 3.47. The van der Waals surface area contributed by atoms with Crippen molar-refractivity contribution in [3.63, 3.8) is 0 Å². The van der Waals surface area contributed by atoms with Gasteiger partial charge in [0.2, 0.25) is 0 Å². The Bertz CT molecular complexity index is 461. The van der Waals surface area contributed by atoms with Crippen LogP contribution in [0.1, 0.15) is 16.8 Å². The van der Waals surface area contributed by atoms with Crippen LogP contribution in [0.5, 0.6) is 11.5 Å². The maximum absolute atomic E-state index is 12.5. The Hall–Kier alpha value is -1.75. The molecule has 0 aromatic heterocycles. The van der Waals surface area contributed by atoms with E-state index in [1.165, 1.54) is 0 Å². The number of likely N-dealkylation sites (tertiary alicyclic amines) is 1. The van der Waals surface area contributed by atoms with E-state index in [-0.39, 0.29) is 18.4 Å². The predicted molar refractivity (Wildman–Crippen MR) is 70.6 cm³/mol. The van der Waals surface area contributed by atoms with Gasteiger partial charge in [0.1, 0.15) is 11.5 Å². The summed E-state index contributed by atoms with van der Waals surface area (Å²) in [6, 6.07) is 5.18. The van der Waals surface area contributed by atoms with Crippen molar-refractivity contribution in [3.8, 4) is 11.5 Å². The first-order valence-electron chi connectivity index (χ1n) is 6.31. The maximum atomic E-state index is 12.5. The van der Waals surface area contributed by atoms with Crippen LogP contribution in [0.4, 0.5) is 0 Å². The van der Waals surface area contributed by atoms with E-state index in [9.17, 15) is 4.79 Å². The maximum Gasteiger partial charge on any atom is 0.257 e. The molecule has 1 aromatic rings. The molecule has 1 atom stereocenters. The second-order valence-corrected chi connectivity index (χ2v) is 4.65. The van der Waals surface area contributed by atoms with Crippen molar-refractivity contribution in [3.05, 3.63) is 23.8 Å². The number of carbonyl (C=O) groups excluding carboxylic acids is 1. The van der Waals surface area contributed by atoms with Crippen LogP contribution in [0.15, 0.2) is 18.2 Å². The zero-order valence-corrected chi connectivity index (χ0v) is 11.3. The van der Waals surface area contributed by atoms with Gasteiger partial charge in [-0.25, -0.2) is 0 Å². The van der Waals surface area contributed by atoms with Crippen molar-refractivity contribution in [1.29, 1.82) is 0 Å². The number of benzene rings is 1. The fourth-order valence-electron chi connectivity index (χ4n) is 2.32. The first kappa shape index (κ1) is 13.7. The monoisotopic (exact) mass is 265 g/mol. The minimum Gasteiger partial charge on any atom is -0.497 e. The van der Waals surface area contributed by atoms with Crippen molar-refractivity contribution in [2.24, 2.45) is 5.92 Å². The largest absolute Gasteiger partial charge is 0.497 e. The van der Waals surface area contributed by atoms with E-state index in [1.807, 2.05) is 0 Å². The van der Waals surface area contributed by atoms with Gasteiger partial charge in [0.15, 0.2) is 0 Å². The van der Waals surface area contributed by atoms with Gasteiger partial charge in [-0.3, -0.25) is 4.79 Å². The van der Waals surface area contributed by atoms with Crippen LogP contribution in [0.25, 0.3) is 0 Å². The molecule has 0 radical (unpaired) electrons. The molecule has 1 aliphatic heterocycles. The molecular formula is C14H19NO4. The molecule has 2 rings (SSSR count). The molecule has 1 fully saturated rings. The molecule has 1 saturated heterocycles. The Morgan fingerprint density at radius 3 is 2.79 bits per heavy atom. The molecular weight excluding hydrogens is 246 g/mol.